The summed E-state index contributed by atoms with van der Waals surface area (Å²) < 4.78 is 20.9. The number of fused-ring (bicyclic) bond motifs is 1. The molecule has 1 aliphatic rings. The van der Waals surface area contributed by atoms with Crippen molar-refractivity contribution in [3.05, 3.63) is 48.2 Å². The summed E-state index contributed by atoms with van der Waals surface area (Å²) in [6.45, 7) is 1.95. The number of carbonyl (C=O) groups is 1. The van der Waals surface area contributed by atoms with Crippen LogP contribution in [0, 0.1) is 0 Å². The molecule has 2 aromatic heterocycles. The molecular formula is C16H13N3O5. The van der Waals surface area contributed by atoms with Crippen LogP contribution in [0.2, 0.25) is 0 Å². The monoisotopic (exact) mass is 327 g/mol. The molecule has 0 saturated heterocycles. The number of hydrogen-bond acceptors (Lipinski definition) is 7. The van der Waals surface area contributed by atoms with Crippen molar-refractivity contribution in [3.8, 4) is 22.9 Å². The Kier molecular flexibility index (Phi) is 3.42. The molecule has 1 amide bonds. The molecule has 8 nitrogen and oxygen atoms in total. The predicted octanol–water partition coefficient (Wildman–Crippen LogP) is 2.55. The summed E-state index contributed by atoms with van der Waals surface area (Å²) in [5.41, 5.74) is 0.735. The highest BCUT2D eigenvalue weighted by Gasteiger charge is 2.21. The number of aromatic nitrogens is 2. The van der Waals surface area contributed by atoms with Crippen molar-refractivity contribution in [1.82, 2.24) is 15.5 Å². The molecule has 1 aliphatic heterocycles. The van der Waals surface area contributed by atoms with Gasteiger partial charge in [-0.1, -0.05) is 5.16 Å². The van der Waals surface area contributed by atoms with Gasteiger partial charge in [-0.3, -0.25) is 4.79 Å². The first-order chi connectivity index (χ1) is 11.7. The van der Waals surface area contributed by atoms with E-state index in [0.717, 1.165) is 5.56 Å². The van der Waals surface area contributed by atoms with E-state index >= 15 is 0 Å². The number of ether oxygens (including phenoxy) is 2. The van der Waals surface area contributed by atoms with Crippen LogP contribution in [0.5, 0.6) is 11.5 Å². The van der Waals surface area contributed by atoms with E-state index in [1.54, 1.807) is 31.2 Å². The molecule has 3 heterocycles. The number of benzene rings is 1. The van der Waals surface area contributed by atoms with Crippen molar-refractivity contribution < 1.29 is 23.2 Å². The molecule has 1 aromatic carbocycles. The van der Waals surface area contributed by atoms with E-state index < -0.39 is 6.04 Å². The van der Waals surface area contributed by atoms with Gasteiger partial charge >= 0.3 is 0 Å². The first kappa shape index (κ1) is 14.3. The topological polar surface area (TPSA) is 99.6 Å². The highest BCUT2D eigenvalue weighted by atomic mass is 16.7. The number of rotatable bonds is 4. The van der Waals surface area contributed by atoms with Crippen molar-refractivity contribution in [3.63, 3.8) is 0 Å². The highest BCUT2D eigenvalue weighted by Crippen LogP contribution is 2.35. The van der Waals surface area contributed by atoms with Gasteiger partial charge in [-0.25, -0.2) is 0 Å². The molecular weight excluding hydrogens is 314 g/mol. The summed E-state index contributed by atoms with van der Waals surface area (Å²) in [6, 6.07) is 8.14. The van der Waals surface area contributed by atoms with Crippen LogP contribution in [0.25, 0.3) is 11.4 Å². The smallest absolute Gasteiger partial charge is 0.287 e. The number of carbonyl (C=O) groups excluding carboxylic acids is 1. The maximum atomic E-state index is 12.0. The molecule has 0 unspecified atom stereocenters. The first-order valence-corrected chi connectivity index (χ1v) is 7.29. The van der Waals surface area contributed by atoms with Gasteiger partial charge in [-0.05, 0) is 37.3 Å². The maximum Gasteiger partial charge on any atom is 0.287 e. The molecule has 0 saturated carbocycles. The van der Waals surface area contributed by atoms with Gasteiger partial charge in [0.15, 0.2) is 17.3 Å². The second kappa shape index (κ2) is 5.73. The minimum absolute atomic E-state index is 0.201. The van der Waals surface area contributed by atoms with Crippen LogP contribution in [0.15, 0.2) is 45.5 Å². The van der Waals surface area contributed by atoms with Crippen molar-refractivity contribution in [2.75, 3.05) is 6.79 Å². The van der Waals surface area contributed by atoms with Gasteiger partial charge < -0.3 is 23.7 Å². The standard InChI is InChI=1S/C16H13N3O5/c1-9(17-15(20)12-3-2-6-21-12)16-18-14(19-24-16)10-4-5-11-13(7-10)23-8-22-11/h2-7,9H,8H2,1H3,(H,17,20)/t9-/m1/s1. The summed E-state index contributed by atoms with van der Waals surface area (Å²) in [4.78, 5) is 16.3. The van der Waals surface area contributed by atoms with E-state index in [1.807, 2.05) is 6.07 Å². The molecule has 0 radical (unpaired) electrons. The van der Waals surface area contributed by atoms with E-state index in [4.69, 9.17) is 18.4 Å². The van der Waals surface area contributed by atoms with Gasteiger partial charge in [-0.2, -0.15) is 4.98 Å². The highest BCUT2D eigenvalue weighted by molar-refractivity contribution is 5.91. The molecule has 0 fully saturated rings. The Morgan fingerprint density at radius 2 is 2.12 bits per heavy atom. The predicted molar refractivity (Wildman–Crippen MR) is 80.4 cm³/mol. The lowest BCUT2D eigenvalue weighted by Gasteiger charge is -2.07. The van der Waals surface area contributed by atoms with Crippen LogP contribution < -0.4 is 14.8 Å². The largest absolute Gasteiger partial charge is 0.459 e. The Bertz CT molecular complexity index is 872. The van der Waals surface area contributed by atoms with Crippen LogP contribution in [-0.2, 0) is 0 Å². The molecule has 0 spiro atoms. The Hall–Kier alpha value is -3.29. The first-order valence-electron chi connectivity index (χ1n) is 7.29. The van der Waals surface area contributed by atoms with Crippen LogP contribution in [0.3, 0.4) is 0 Å². The van der Waals surface area contributed by atoms with Crippen molar-refractivity contribution >= 4 is 5.91 Å². The van der Waals surface area contributed by atoms with E-state index in [-0.39, 0.29) is 18.5 Å². The Morgan fingerprint density at radius 3 is 2.96 bits per heavy atom. The minimum Gasteiger partial charge on any atom is -0.459 e. The van der Waals surface area contributed by atoms with E-state index in [0.29, 0.717) is 23.2 Å². The van der Waals surface area contributed by atoms with Crippen LogP contribution in [-0.4, -0.2) is 22.8 Å². The number of furan rings is 1. The quantitative estimate of drug-likeness (QED) is 0.786. The SMILES string of the molecule is C[C@@H](NC(=O)c1ccco1)c1nc(-c2ccc3c(c2)OCO3)no1. The third-order valence-corrected chi connectivity index (χ3v) is 3.54. The summed E-state index contributed by atoms with van der Waals surface area (Å²) in [6.07, 6.45) is 1.43. The summed E-state index contributed by atoms with van der Waals surface area (Å²) >= 11 is 0. The molecule has 1 atom stereocenters. The lowest BCUT2D eigenvalue weighted by Crippen LogP contribution is -2.26. The molecule has 8 heteroatoms. The second-order valence-electron chi connectivity index (χ2n) is 5.20. The molecule has 4 rings (SSSR count). The van der Waals surface area contributed by atoms with E-state index in [9.17, 15) is 4.79 Å². The molecule has 3 aromatic rings. The van der Waals surface area contributed by atoms with Gasteiger partial charge in [0.25, 0.3) is 5.91 Å². The van der Waals surface area contributed by atoms with E-state index in [2.05, 4.69) is 15.5 Å². The maximum absolute atomic E-state index is 12.0. The van der Waals surface area contributed by atoms with Crippen molar-refractivity contribution in [2.24, 2.45) is 0 Å². The average molecular weight is 327 g/mol. The zero-order valence-electron chi connectivity index (χ0n) is 12.7. The fraction of sp³-hybridized carbons (Fsp3) is 0.188. The van der Waals surface area contributed by atoms with Crippen molar-refractivity contribution in [2.45, 2.75) is 13.0 Å². The van der Waals surface area contributed by atoms with Crippen LogP contribution >= 0.6 is 0 Å². The fourth-order valence-corrected chi connectivity index (χ4v) is 2.30. The molecule has 122 valence electrons. The van der Waals surface area contributed by atoms with E-state index in [1.165, 1.54) is 6.26 Å². The Balaban J connectivity index is 1.51. The number of hydrogen-bond donors (Lipinski definition) is 1. The number of amides is 1. The third kappa shape index (κ3) is 2.58. The van der Waals surface area contributed by atoms with Gasteiger partial charge in [-0.15, -0.1) is 0 Å². The van der Waals surface area contributed by atoms with Gasteiger partial charge in [0.05, 0.1) is 6.26 Å². The molecule has 0 bridgehead atoms. The number of nitrogens with one attached hydrogen (secondary N) is 1. The summed E-state index contributed by atoms with van der Waals surface area (Å²) in [5, 5.41) is 6.68. The summed E-state index contributed by atoms with van der Waals surface area (Å²) in [5.74, 6) is 1.89. The molecule has 1 N–H and O–H groups in total. The minimum atomic E-state index is -0.460. The van der Waals surface area contributed by atoms with Crippen LogP contribution in [0.4, 0.5) is 0 Å². The average Bonchev–Trinajstić information content (AvgIpc) is 3.33. The molecule has 24 heavy (non-hydrogen) atoms. The summed E-state index contributed by atoms with van der Waals surface area (Å²) in [7, 11) is 0. The zero-order chi connectivity index (χ0) is 16.5. The second-order valence-corrected chi connectivity index (χ2v) is 5.20. The number of nitrogens with zero attached hydrogens (tertiary/aromatic N) is 2. The van der Waals surface area contributed by atoms with Crippen molar-refractivity contribution in [1.29, 1.82) is 0 Å². The Morgan fingerprint density at radius 1 is 1.25 bits per heavy atom. The fourth-order valence-electron chi connectivity index (χ4n) is 2.30. The normalized spacial score (nSPS) is 13.7. The Labute approximate surface area is 136 Å². The lowest BCUT2D eigenvalue weighted by molar-refractivity contribution is 0.0904. The van der Waals surface area contributed by atoms with Gasteiger partial charge in [0.1, 0.15) is 6.04 Å². The van der Waals surface area contributed by atoms with Gasteiger partial charge in [0, 0.05) is 5.56 Å². The van der Waals surface area contributed by atoms with Crippen LogP contribution in [0.1, 0.15) is 29.4 Å². The molecule has 0 aliphatic carbocycles. The third-order valence-electron chi connectivity index (χ3n) is 3.54. The zero-order valence-corrected chi connectivity index (χ0v) is 12.7. The van der Waals surface area contributed by atoms with Gasteiger partial charge in [0.2, 0.25) is 18.5 Å². The lowest BCUT2D eigenvalue weighted by atomic mass is 10.2.